The highest BCUT2D eigenvalue weighted by atomic mass is 32.2. The largest absolute Gasteiger partial charge is 0.478 e. The van der Waals surface area contributed by atoms with E-state index in [4.69, 9.17) is 14.2 Å². The second-order valence-corrected chi connectivity index (χ2v) is 12.0. The maximum Gasteiger partial charge on any atom is 0.354 e. The molecular weight excluding hydrogens is 490 g/mol. The Morgan fingerprint density at radius 1 is 1.08 bits per heavy atom. The Balaban J connectivity index is 2.22. The molecule has 1 aliphatic rings. The molecule has 0 aromatic heterocycles. The summed E-state index contributed by atoms with van der Waals surface area (Å²) in [6, 6.07) is 11.3. The van der Waals surface area contributed by atoms with Gasteiger partial charge in [0.15, 0.2) is 6.79 Å². The molecule has 0 saturated heterocycles. The van der Waals surface area contributed by atoms with Crippen molar-refractivity contribution in [3.05, 3.63) is 58.0 Å². The smallest absolute Gasteiger partial charge is 0.354 e. The number of fused-ring (bicyclic) bond motifs is 1. The number of nitrogens with zero attached hydrogens (tertiary/aromatic N) is 1. The van der Waals surface area contributed by atoms with E-state index in [0.29, 0.717) is 10.6 Å². The van der Waals surface area contributed by atoms with Gasteiger partial charge < -0.3 is 19.3 Å². The highest BCUT2D eigenvalue weighted by molar-refractivity contribution is 8.04. The van der Waals surface area contributed by atoms with Crippen molar-refractivity contribution in [3.63, 3.8) is 0 Å². The number of hydrogen-bond donors (Lipinski definition) is 1. The minimum absolute atomic E-state index is 0.126. The van der Waals surface area contributed by atoms with Gasteiger partial charge in [0.1, 0.15) is 5.75 Å². The number of carbonyl (C=O) groups excluding carboxylic acids is 1. The first-order chi connectivity index (χ1) is 17.3. The summed E-state index contributed by atoms with van der Waals surface area (Å²) < 4.78 is 16.8. The second-order valence-electron chi connectivity index (χ2n) is 10.9. The number of thioether (sulfide) groups is 1. The van der Waals surface area contributed by atoms with Crippen LogP contribution in [-0.4, -0.2) is 43.7 Å². The Hall–Kier alpha value is -2.81. The van der Waals surface area contributed by atoms with Gasteiger partial charge in [-0.2, -0.15) is 0 Å². The highest BCUT2D eigenvalue weighted by Gasteiger charge is 2.38. The van der Waals surface area contributed by atoms with E-state index in [-0.39, 0.29) is 24.2 Å². The highest BCUT2D eigenvalue weighted by Crippen LogP contribution is 2.45. The van der Waals surface area contributed by atoms with Gasteiger partial charge in [0, 0.05) is 29.7 Å². The first kappa shape index (κ1) is 28.8. The van der Waals surface area contributed by atoms with E-state index in [2.05, 4.69) is 41.5 Å². The SMILES string of the molecule is CCOC(C(=O)O)N1C(=O)C(=Cc2cc(C(C)(C)C)c(OCOC)c(C(C)(C)C)c2)Sc2ccccc21. The van der Waals surface area contributed by atoms with Gasteiger partial charge in [-0.25, -0.2) is 4.79 Å². The number of benzene rings is 2. The Morgan fingerprint density at radius 2 is 1.68 bits per heavy atom. The van der Waals surface area contributed by atoms with Crippen LogP contribution in [0.4, 0.5) is 5.69 Å². The van der Waals surface area contributed by atoms with E-state index >= 15 is 0 Å². The predicted molar refractivity (Wildman–Crippen MR) is 147 cm³/mol. The van der Waals surface area contributed by atoms with Gasteiger partial charge in [0.2, 0.25) is 6.23 Å². The van der Waals surface area contributed by atoms with Crippen molar-refractivity contribution >= 4 is 35.4 Å². The van der Waals surface area contributed by atoms with E-state index in [1.165, 1.54) is 16.7 Å². The zero-order chi connectivity index (χ0) is 27.5. The minimum Gasteiger partial charge on any atom is -0.478 e. The summed E-state index contributed by atoms with van der Waals surface area (Å²) in [6.07, 6.45) is 0.397. The van der Waals surface area contributed by atoms with Crippen LogP contribution in [0.3, 0.4) is 0 Å². The molecule has 0 saturated carbocycles. The van der Waals surface area contributed by atoms with E-state index < -0.39 is 18.1 Å². The normalized spacial score (nSPS) is 16.1. The van der Waals surface area contributed by atoms with Crippen LogP contribution in [0.1, 0.15) is 65.2 Å². The molecular formula is C29H37NO6S. The zero-order valence-corrected chi connectivity index (χ0v) is 23.7. The minimum atomic E-state index is -1.43. The van der Waals surface area contributed by atoms with Crippen LogP contribution in [0, 0.1) is 0 Å². The summed E-state index contributed by atoms with van der Waals surface area (Å²) in [5.41, 5.74) is 2.84. The molecule has 1 aliphatic heterocycles. The first-order valence-corrected chi connectivity index (χ1v) is 13.1. The summed E-state index contributed by atoms with van der Waals surface area (Å²) in [5, 5.41) is 9.86. The number of para-hydroxylation sites is 1. The Labute approximate surface area is 223 Å². The van der Waals surface area contributed by atoms with Crippen molar-refractivity contribution in [2.45, 2.75) is 70.4 Å². The third kappa shape index (κ3) is 6.37. The number of amides is 1. The van der Waals surface area contributed by atoms with Crippen molar-refractivity contribution in [1.29, 1.82) is 0 Å². The average Bonchev–Trinajstić information content (AvgIpc) is 2.81. The van der Waals surface area contributed by atoms with Crippen LogP contribution in [0.5, 0.6) is 5.75 Å². The standard InChI is InChI=1S/C29H37NO6S/c1-9-35-26(27(32)33)30-21-12-10-11-13-22(21)37-23(25(30)31)16-18-14-19(28(2,3)4)24(36-17-34-8)20(15-18)29(5,6)7/h10-16,26H,9,17H2,1-8H3,(H,32,33). The van der Waals surface area contributed by atoms with Crippen LogP contribution in [-0.2, 0) is 29.9 Å². The van der Waals surface area contributed by atoms with Crippen LogP contribution >= 0.6 is 11.8 Å². The third-order valence-corrected chi connectivity index (χ3v) is 6.97. The summed E-state index contributed by atoms with van der Waals surface area (Å²) in [5.74, 6) is -0.860. The molecule has 0 fully saturated rings. The number of anilines is 1. The summed E-state index contributed by atoms with van der Waals surface area (Å²) in [7, 11) is 1.59. The molecule has 1 heterocycles. The van der Waals surface area contributed by atoms with E-state index in [9.17, 15) is 14.7 Å². The fourth-order valence-electron chi connectivity index (χ4n) is 4.14. The van der Waals surface area contributed by atoms with E-state index in [1.807, 2.05) is 30.3 Å². The first-order valence-electron chi connectivity index (χ1n) is 12.3. The van der Waals surface area contributed by atoms with Gasteiger partial charge in [0.05, 0.1) is 10.6 Å². The maximum absolute atomic E-state index is 13.7. The van der Waals surface area contributed by atoms with Crippen molar-refractivity contribution in [1.82, 2.24) is 0 Å². The van der Waals surface area contributed by atoms with Crippen molar-refractivity contribution in [3.8, 4) is 5.75 Å². The molecule has 8 heteroatoms. The van der Waals surface area contributed by atoms with Gasteiger partial charge in [0.25, 0.3) is 5.91 Å². The van der Waals surface area contributed by atoms with Crippen LogP contribution < -0.4 is 9.64 Å². The third-order valence-electron chi connectivity index (χ3n) is 5.89. The number of aliphatic carboxylic acids is 1. The molecule has 200 valence electrons. The molecule has 0 aliphatic carbocycles. The number of ether oxygens (including phenoxy) is 3. The lowest BCUT2D eigenvalue weighted by molar-refractivity contribution is -0.151. The molecule has 1 N–H and O–H groups in total. The zero-order valence-electron chi connectivity index (χ0n) is 22.9. The average molecular weight is 528 g/mol. The van der Waals surface area contributed by atoms with Crippen LogP contribution in [0.15, 0.2) is 46.2 Å². The number of carboxylic acids is 1. The number of methoxy groups -OCH3 is 1. The van der Waals surface area contributed by atoms with E-state index in [1.54, 1.807) is 26.2 Å². The van der Waals surface area contributed by atoms with Crippen molar-refractivity contribution in [2.75, 3.05) is 25.4 Å². The number of hydrogen-bond acceptors (Lipinski definition) is 6. The molecule has 0 spiro atoms. The molecule has 2 aromatic carbocycles. The molecule has 7 nitrogen and oxygen atoms in total. The summed E-state index contributed by atoms with van der Waals surface area (Å²) >= 11 is 1.33. The maximum atomic E-state index is 13.7. The Morgan fingerprint density at radius 3 is 2.19 bits per heavy atom. The fraction of sp³-hybridized carbons (Fsp3) is 0.448. The second kappa shape index (κ2) is 11.3. The number of carbonyl (C=O) groups is 2. The summed E-state index contributed by atoms with van der Waals surface area (Å²) in [4.78, 5) is 28.2. The van der Waals surface area contributed by atoms with Crippen LogP contribution in [0.2, 0.25) is 0 Å². The quantitative estimate of drug-likeness (QED) is 0.324. The number of rotatable bonds is 8. The lowest BCUT2D eigenvalue weighted by Crippen LogP contribution is -2.48. The topological polar surface area (TPSA) is 85.3 Å². The predicted octanol–water partition coefficient (Wildman–Crippen LogP) is 6.19. The van der Waals surface area contributed by atoms with Crippen LogP contribution in [0.25, 0.3) is 6.08 Å². The molecule has 1 atom stereocenters. The van der Waals surface area contributed by atoms with Gasteiger partial charge >= 0.3 is 5.97 Å². The van der Waals surface area contributed by atoms with Crippen molar-refractivity contribution < 1.29 is 28.9 Å². The molecule has 1 amide bonds. The number of carboxylic acid groups (broad SMARTS) is 1. The fourth-order valence-corrected chi connectivity index (χ4v) is 5.18. The van der Waals surface area contributed by atoms with Gasteiger partial charge in [-0.3, -0.25) is 9.69 Å². The van der Waals surface area contributed by atoms with Gasteiger partial charge in [-0.15, -0.1) is 0 Å². The Bertz CT molecular complexity index is 1160. The molecule has 3 rings (SSSR count). The monoisotopic (exact) mass is 527 g/mol. The van der Waals surface area contributed by atoms with Gasteiger partial charge in [-0.1, -0.05) is 65.4 Å². The lowest BCUT2D eigenvalue weighted by atomic mass is 9.78. The molecule has 2 aromatic rings. The molecule has 37 heavy (non-hydrogen) atoms. The molecule has 0 bridgehead atoms. The molecule has 0 radical (unpaired) electrons. The Kier molecular flexibility index (Phi) is 8.78. The van der Waals surface area contributed by atoms with Gasteiger partial charge in [-0.05, 0) is 53.7 Å². The van der Waals surface area contributed by atoms with E-state index in [0.717, 1.165) is 27.3 Å². The summed E-state index contributed by atoms with van der Waals surface area (Å²) in [6.45, 7) is 14.7. The van der Waals surface area contributed by atoms with Crippen molar-refractivity contribution in [2.24, 2.45) is 0 Å². The molecule has 1 unspecified atom stereocenters. The lowest BCUT2D eigenvalue weighted by Gasteiger charge is -2.34.